The third-order valence-corrected chi connectivity index (χ3v) is 4.14. The molecule has 1 aromatic heterocycles. The summed E-state index contributed by atoms with van der Waals surface area (Å²) in [6.45, 7) is 5.57. The van der Waals surface area contributed by atoms with Crippen molar-refractivity contribution in [1.29, 1.82) is 0 Å². The SMILES string of the molecule is CC[C@H](C)[C@H](NC(=O)NC(C)c1cccs1)C(=O)O. The predicted molar refractivity (Wildman–Crippen MR) is 75.3 cm³/mol. The first-order valence-electron chi connectivity index (χ1n) is 6.29. The Morgan fingerprint density at radius 1 is 1.37 bits per heavy atom. The van der Waals surface area contributed by atoms with Crippen LogP contribution >= 0.6 is 11.3 Å². The molecule has 0 aliphatic rings. The van der Waals surface area contributed by atoms with Crippen molar-refractivity contribution in [2.45, 2.75) is 39.3 Å². The summed E-state index contributed by atoms with van der Waals surface area (Å²) in [4.78, 5) is 23.9. The normalized spacial score (nSPS) is 15.3. The summed E-state index contributed by atoms with van der Waals surface area (Å²) < 4.78 is 0. The highest BCUT2D eigenvalue weighted by molar-refractivity contribution is 7.10. The lowest BCUT2D eigenvalue weighted by Crippen LogP contribution is -2.49. The Hall–Kier alpha value is -1.56. The number of amides is 2. The molecule has 6 heteroatoms. The van der Waals surface area contributed by atoms with E-state index >= 15 is 0 Å². The van der Waals surface area contributed by atoms with Crippen LogP contribution in [0.25, 0.3) is 0 Å². The molecule has 0 spiro atoms. The molecule has 0 saturated heterocycles. The maximum absolute atomic E-state index is 11.8. The van der Waals surface area contributed by atoms with Gasteiger partial charge in [0.05, 0.1) is 6.04 Å². The number of hydrogen-bond donors (Lipinski definition) is 3. The van der Waals surface area contributed by atoms with Crippen LogP contribution in [0.15, 0.2) is 17.5 Å². The lowest BCUT2D eigenvalue weighted by Gasteiger charge is -2.21. The molecule has 1 aromatic rings. The minimum atomic E-state index is -1.01. The van der Waals surface area contributed by atoms with E-state index in [2.05, 4.69) is 10.6 Å². The van der Waals surface area contributed by atoms with Crippen LogP contribution in [0.4, 0.5) is 4.79 Å². The second kappa shape index (κ2) is 7.13. The van der Waals surface area contributed by atoms with E-state index in [1.807, 2.05) is 38.3 Å². The van der Waals surface area contributed by atoms with Crippen molar-refractivity contribution in [3.8, 4) is 0 Å². The Morgan fingerprint density at radius 3 is 2.53 bits per heavy atom. The number of rotatable bonds is 6. The first-order chi connectivity index (χ1) is 8.95. The van der Waals surface area contributed by atoms with Gasteiger partial charge in [-0.25, -0.2) is 9.59 Å². The summed E-state index contributed by atoms with van der Waals surface area (Å²) in [5, 5.41) is 16.3. The van der Waals surface area contributed by atoms with Gasteiger partial charge >= 0.3 is 12.0 Å². The number of carbonyl (C=O) groups is 2. The van der Waals surface area contributed by atoms with Gasteiger partial charge in [0.2, 0.25) is 0 Å². The fourth-order valence-electron chi connectivity index (χ4n) is 1.67. The van der Waals surface area contributed by atoms with E-state index < -0.39 is 18.0 Å². The van der Waals surface area contributed by atoms with E-state index in [4.69, 9.17) is 5.11 Å². The Labute approximate surface area is 117 Å². The lowest BCUT2D eigenvalue weighted by atomic mass is 9.99. The smallest absolute Gasteiger partial charge is 0.326 e. The van der Waals surface area contributed by atoms with Gasteiger partial charge in [-0.2, -0.15) is 0 Å². The average molecular weight is 284 g/mol. The van der Waals surface area contributed by atoms with E-state index in [9.17, 15) is 9.59 Å². The summed E-state index contributed by atoms with van der Waals surface area (Å²) in [6.07, 6.45) is 0.692. The number of hydrogen-bond acceptors (Lipinski definition) is 3. The average Bonchev–Trinajstić information content (AvgIpc) is 2.88. The molecule has 0 aliphatic heterocycles. The summed E-state index contributed by atoms with van der Waals surface area (Å²) >= 11 is 1.55. The molecule has 0 radical (unpaired) electrons. The number of carboxylic acids is 1. The molecular weight excluding hydrogens is 264 g/mol. The highest BCUT2D eigenvalue weighted by atomic mass is 32.1. The Kier molecular flexibility index (Phi) is 5.82. The van der Waals surface area contributed by atoms with Gasteiger partial charge in [-0.05, 0) is 24.3 Å². The third-order valence-electron chi connectivity index (χ3n) is 3.08. The molecule has 0 saturated carbocycles. The highest BCUT2D eigenvalue weighted by Crippen LogP contribution is 2.18. The monoisotopic (exact) mass is 284 g/mol. The molecule has 1 heterocycles. The fraction of sp³-hybridized carbons (Fsp3) is 0.538. The number of carboxylic acid groups (broad SMARTS) is 1. The van der Waals surface area contributed by atoms with Crippen molar-refractivity contribution in [3.63, 3.8) is 0 Å². The maximum atomic E-state index is 11.8. The van der Waals surface area contributed by atoms with Crippen LogP contribution in [0.2, 0.25) is 0 Å². The molecule has 0 aliphatic carbocycles. The van der Waals surface area contributed by atoms with Gasteiger partial charge < -0.3 is 15.7 Å². The van der Waals surface area contributed by atoms with Crippen LogP contribution in [0.3, 0.4) is 0 Å². The van der Waals surface area contributed by atoms with E-state index in [-0.39, 0.29) is 12.0 Å². The number of aliphatic carboxylic acids is 1. The van der Waals surface area contributed by atoms with Crippen LogP contribution in [-0.2, 0) is 4.79 Å². The topological polar surface area (TPSA) is 78.4 Å². The zero-order chi connectivity index (χ0) is 14.4. The standard InChI is InChI=1S/C13H20N2O3S/c1-4-8(2)11(12(16)17)15-13(18)14-9(3)10-6-5-7-19-10/h5-9,11H,4H2,1-3H3,(H,16,17)(H2,14,15,18)/t8-,9?,11-/m0/s1. The van der Waals surface area contributed by atoms with Crippen LogP contribution in [0.1, 0.15) is 38.1 Å². The van der Waals surface area contributed by atoms with Gasteiger partial charge in [0.25, 0.3) is 0 Å². The van der Waals surface area contributed by atoms with Crippen molar-refractivity contribution in [2.75, 3.05) is 0 Å². The van der Waals surface area contributed by atoms with Gasteiger partial charge in [-0.15, -0.1) is 11.3 Å². The van der Waals surface area contributed by atoms with Crippen molar-refractivity contribution in [3.05, 3.63) is 22.4 Å². The van der Waals surface area contributed by atoms with Gasteiger partial charge in [-0.1, -0.05) is 26.3 Å². The molecule has 3 N–H and O–H groups in total. The molecule has 0 aromatic carbocycles. The summed E-state index contributed by atoms with van der Waals surface area (Å²) in [7, 11) is 0. The molecule has 106 valence electrons. The second-order valence-corrected chi connectivity index (χ2v) is 5.54. The molecule has 19 heavy (non-hydrogen) atoms. The van der Waals surface area contributed by atoms with Crippen LogP contribution in [-0.4, -0.2) is 23.1 Å². The number of urea groups is 1. The third kappa shape index (κ3) is 4.55. The zero-order valence-electron chi connectivity index (χ0n) is 11.3. The molecule has 2 amide bonds. The summed E-state index contributed by atoms with van der Waals surface area (Å²) in [5.74, 6) is -1.12. The van der Waals surface area contributed by atoms with E-state index in [0.717, 1.165) is 4.88 Å². The number of nitrogens with one attached hydrogen (secondary N) is 2. The van der Waals surface area contributed by atoms with Gasteiger partial charge in [0.15, 0.2) is 0 Å². The molecule has 0 bridgehead atoms. The minimum absolute atomic E-state index is 0.111. The fourth-order valence-corrected chi connectivity index (χ4v) is 2.41. The molecule has 1 rings (SSSR count). The molecule has 0 fully saturated rings. The zero-order valence-corrected chi connectivity index (χ0v) is 12.2. The van der Waals surface area contributed by atoms with Crippen LogP contribution in [0, 0.1) is 5.92 Å². The van der Waals surface area contributed by atoms with Crippen molar-refractivity contribution < 1.29 is 14.7 Å². The summed E-state index contributed by atoms with van der Waals surface area (Å²) in [6, 6.07) is 2.40. The molecule has 5 nitrogen and oxygen atoms in total. The molecular formula is C13H20N2O3S. The largest absolute Gasteiger partial charge is 0.480 e. The highest BCUT2D eigenvalue weighted by Gasteiger charge is 2.25. The number of thiophene rings is 1. The van der Waals surface area contributed by atoms with Gasteiger partial charge in [0.1, 0.15) is 6.04 Å². The Bertz CT molecular complexity index is 420. The minimum Gasteiger partial charge on any atom is -0.480 e. The Morgan fingerprint density at radius 2 is 2.05 bits per heavy atom. The predicted octanol–water partition coefficient (Wildman–Crippen LogP) is 2.61. The van der Waals surface area contributed by atoms with E-state index in [1.165, 1.54) is 0 Å². The first-order valence-corrected chi connectivity index (χ1v) is 7.16. The van der Waals surface area contributed by atoms with Crippen molar-refractivity contribution in [1.82, 2.24) is 10.6 Å². The summed E-state index contributed by atoms with van der Waals surface area (Å²) in [5.41, 5.74) is 0. The van der Waals surface area contributed by atoms with E-state index in [1.54, 1.807) is 11.3 Å². The lowest BCUT2D eigenvalue weighted by molar-refractivity contribution is -0.140. The molecule has 1 unspecified atom stereocenters. The second-order valence-electron chi connectivity index (χ2n) is 4.56. The number of carbonyl (C=O) groups excluding carboxylic acids is 1. The first kappa shape index (κ1) is 15.5. The van der Waals surface area contributed by atoms with Crippen molar-refractivity contribution >= 4 is 23.3 Å². The van der Waals surface area contributed by atoms with Crippen LogP contribution < -0.4 is 10.6 Å². The van der Waals surface area contributed by atoms with Gasteiger partial charge in [0, 0.05) is 4.88 Å². The molecule has 3 atom stereocenters. The quantitative estimate of drug-likeness (QED) is 0.751. The van der Waals surface area contributed by atoms with Crippen molar-refractivity contribution in [2.24, 2.45) is 5.92 Å². The van der Waals surface area contributed by atoms with Crippen LogP contribution in [0.5, 0.6) is 0 Å². The van der Waals surface area contributed by atoms with Gasteiger partial charge in [-0.3, -0.25) is 0 Å². The Balaban J connectivity index is 2.56. The van der Waals surface area contributed by atoms with E-state index in [0.29, 0.717) is 6.42 Å². The maximum Gasteiger partial charge on any atom is 0.326 e.